The molecule has 1 atom stereocenters. The van der Waals surface area contributed by atoms with Gasteiger partial charge in [-0.3, -0.25) is 9.79 Å². The maximum Gasteiger partial charge on any atom is 0.256 e. The van der Waals surface area contributed by atoms with Crippen LogP contribution < -0.4 is 9.47 Å². The van der Waals surface area contributed by atoms with Crippen molar-refractivity contribution in [1.29, 1.82) is 0 Å². The van der Waals surface area contributed by atoms with Crippen LogP contribution in [0.4, 0.5) is 5.69 Å². The predicted octanol–water partition coefficient (Wildman–Crippen LogP) is 3.26. The van der Waals surface area contributed by atoms with E-state index in [-0.39, 0.29) is 18.5 Å². The van der Waals surface area contributed by atoms with E-state index in [0.717, 1.165) is 19.4 Å². The first-order valence-corrected chi connectivity index (χ1v) is 8.10. The lowest BCUT2D eigenvalue weighted by atomic mass is 10.1. The highest BCUT2D eigenvalue weighted by Crippen LogP contribution is 2.37. The number of nitrogens with zero attached hydrogens (tertiary/aromatic N) is 5. The zero-order valence-electron chi connectivity index (χ0n) is 14.0. The SMILES string of the molecule is COc1cc2c(cc1OC/C=C\CN=[N+]=[N-])N=C[C@@H]1CCCN1C2=O. The number of hydrogen-bond acceptors (Lipinski definition) is 5. The fraction of sp³-hybridized carbons (Fsp3) is 0.412. The summed E-state index contributed by atoms with van der Waals surface area (Å²) in [5, 5.41) is 3.41. The van der Waals surface area contributed by atoms with E-state index in [1.807, 2.05) is 11.1 Å². The maximum atomic E-state index is 12.8. The van der Waals surface area contributed by atoms with Crippen LogP contribution in [0.25, 0.3) is 10.4 Å². The molecule has 0 aliphatic carbocycles. The van der Waals surface area contributed by atoms with Crippen LogP contribution in [0.3, 0.4) is 0 Å². The summed E-state index contributed by atoms with van der Waals surface area (Å²) in [7, 11) is 1.54. The van der Waals surface area contributed by atoms with E-state index in [2.05, 4.69) is 15.0 Å². The zero-order chi connectivity index (χ0) is 17.6. The van der Waals surface area contributed by atoms with Crippen LogP contribution in [0, 0.1) is 0 Å². The molecule has 0 radical (unpaired) electrons. The van der Waals surface area contributed by atoms with Gasteiger partial charge < -0.3 is 14.4 Å². The van der Waals surface area contributed by atoms with Crippen LogP contribution in [0.1, 0.15) is 23.2 Å². The summed E-state index contributed by atoms with van der Waals surface area (Å²) in [6, 6.07) is 3.49. The molecule has 0 aromatic heterocycles. The minimum absolute atomic E-state index is 0.0193. The number of benzene rings is 1. The van der Waals surface area contributed by atoms with Crippen molar-refractivity contribution in [3.8, 4) is 11.5 Å². The third-order valence-electron chi connectivity index (χ3n) is 4.21. The standard InChI is InChI=1S/C17H19N5O3/c1-24-15-9-13-14(10-16(15)25-8-3-2-6-20-21-18)19-11-12-5-4-7-22(12)17(13)23/h2-3,9-12H,4-8H2,1H3/b3-2-/t12-/m0/s1. The van der Waals surface area contributed by atoms with Crippen molar-refractivity contribution < 1.29 is 14.3 Å². The topological polar surface area (TPSA) is 99.9 Å². The Morgan fingerprint density at radius 2 is 2.32 bits per heavy atom. The highest BCUT2D eigenvalue weighted by molar-refractivity contribution is 6.03. The van der Waals surface area contributed by atoms with E-state index >= 15 is 0 Å². The number of aliphatic imine (C=N–C) groups is 1. The molecule has 3 rings (SSSR count). The number of carbonyl (C=O) groups is 1. The van der Waals surface area contributed by atoms with Crippen LogP contribution in [0.2, 0.25) is 0 Å². The Labute approximate surface area is 145 Å². The summed E-state index contributed by atoms with van der Waals surface area (Å²) >= 11 is 0. The van der Waals surface area contributed by atoms with E-state index in [1.54, 1.807) is 24.3 Å². The summed E-state index contributed by atoms with van der Waals surface area (Å²) < 4.78 is 11.1. The van der Waals surface area contributed by atoms with E-state index < -0.39 is 0 Å². The summed E-state index contributed by atoms with van der Waals surface area (Å²) in [5.41, 5.74) is 9.34. The Kier molecular flexibility index (Phi) is 5.20. The van der Waals surface area contributed by atoms with E-state index in [9.17, 15) is 4.79 Å². The fourth-order valence-corrected chi connectivity index (χ4v) is 2.98. The van der Waals surface area contributed by atoms with Crippen LogP contribution in [-0.2, 0) is 0 Å². The molecule has 0 spiro atoms. The monoisotopic (exact) mass is 341 g/mol. The van der Waals surface area contributed by atoms with Gasteiger partial charge in [0.05, 0.1) is 24.4 Å². The largest absolute Gasteiger partial charge is 0.493 e. The van der Waals surface area contributed by atoms with Gasteiger partial charge in [-0.2, -0.15) is 0 Å². The second kappa shape index (κ2) is 7.72. The molecule has 2 heterocycles. The summed E-state index contributed by atoms with van der Waals surface area (Å²) in [6.07, 6.45) is 7.25. The number of methoxy groups -OCH3 is 1. The van der Waals surface area contributed by atoms with Gasteiger partial charge in [0.25, 0.3) is 5.91 Å². The molecular formula is C17H19N5O3. The minimum atomic E-state index is -0.0193. The first-order chi connectivity index (χ1) is 12.2. The quantitative estimate of drug-likeness (QED) is 0.343. The van der Waals surface area contributed by atoms with Crippen LogP contribution in [0.15, 0.2) is 34.4 Å². The van der Waals surface area contributed by atoms with E-state index in [1.165, 1.54) is 7.11 Å². The van der Waals surface area contributed by atoms with E-state index in [4.69, 9.17) is 15.0 Å². The van der Waals surface area contributed by atoms with Crippen LogP contribution >= 0.6 is 0 Å². The minimum Gasteiger partial charge on any atom is -0.493 e. The molecule has 130 valence electrons. The number of ether oxygens (including phenoxy) is 2. The smallest absolute Gasteiger partial charge is 0.256 e. The highest BCUT2D eigenvalue weighted by Gasteiger charge is 2.32. The van der Waals surface area contributed by atoms with E-state index in [0.29, 0.717) is 29.4 Å². The summed E-state index contributed by atoms with van der Waals surface area (Å²) in [4.78, 5) is 21.8. The van der Waals surface area contributed by atoms with Gasteiger partial charge in [-0.1, -0.05) is 17.3 Å². The molecule has 8 nitrogen and oxygen atoms in total. The van der Waals surface area contributed by atoms with Gasteiger partial charge >= 0.3 is 0 Å². The highest BCUT2D eigenvalue weighted by atomic mass is 16.5. The molecule has 2 aliphatic heterocycles. The van der Waals surface area contributed by atoms with Gasteiger partial charge in [-0.15, -0.1) is 0 Å². The number of amides is 1. The first-order valence-electron chi connectivity index (χ1n) is 8.10. The Balaban J connectivity index is 1.82. The van der Waals surface area contributed by atoms with Crippen molar-refractivity contribution in [2.24, 2.45) is 10.1 Å². The number of fused-ring (bicyclic) bond motifs is 2. The molecule has 1 fully saturated rings. The Morgan fingerprint density at radius 1 is 1.44 bits per heavy atom. The molecule has 0 unspecified atom stereocenters. The Morgan fingerprint density at radius 3 is 3.12 bits per heavy atom. The average Bonchev–Trinajstić information content (AvgIpc) is 3.06. The van der Waals surface area contributed by atoms with Crippen molar-refractivity contribution in [3.63, 3.8) is 0 Å². The second-order valence-electron chi connectivity index (χ2n) is 5.70. The van der Waals surface area contributed by atoms with Gasteiger partial charge in [0.15, 0.2) is 11.5 Å². The first kappa shape index (κ1) is 16.9. The zero-order valence-corrected chi connectivity index (χ0v) is 14.0. The molecule has 8 heteroatoms. The second-order valence-corrected chi connectivity index (χ2v) is 5.70. The van der Waals surface area contributed by atoms with Gasteiger partial charge in [0.2, 0.25) is 0 Å². The van der Waals surface area contributed by atoms with Gasteiger partial charge in [-0.05, 0) is 24.4 Å². The molecule has 0 bridgehead atoms. The van der Waals surface area contributed by atoms with Gasteiger partial charge in [0.1, 0.15) is 6.61 Å². The molecule has 25 heavy (non-hydrogen) atoms. The summed E-state index contributed by atoms with van der Waals surface area (Å²) in [5.74, 6) is 0.985. The Bertz CT molecular complexity index is 768. The van der Waals surface area contributed by atoms with Crippen molar-refractivity contribution >= 4 is 17.8 Å². The molecule has 0 saturated carbocycles. The molecule has 2 aliphatic rings. The van der Waals surface area contributed by atoms with Crippen molar-refractivity contribution in [2.45, 2.75) is 18.9 Å². The maximum absolute atomic E-state index is 12.8. The molecule has 1 saturated heterocycles. The lowest BCUT2D eigenvalue weighted by molar-refractivity contribution is 0.0774. The van der Waals surface area contributed by atoms with Crippen molar-refractivity contribution in [2.75, 3.05) is 26.8 Å². The average molecular weight is 341 g/mol. The Hall–Kier alpha value is -2.99. The van der Waals surface area contributed by atoms with Crippen molar-refractivity contribution in [3.05, 3.63) is 40.3 Å². The number of hydrogen-bond donors (Lipinski definition) is 0. The lowest BCUT2D eigenvalue weighted by Gasteiger charge is -2.20. The molecule has 0 N–H and O–H groups in total. The molecule has 1 aromatic carbocycles. The normalized spacial score (nSPS) is 18.5. The number of carbonyl (C=O) groups excluding carboxylic acids is 1. The van der Waals surface area contributed by atoms with Crippen LogP contribution in [0.5, 0.6) is 11.5 Å². The predicted molar refractivity (Wildman–Crippen MR) is 93.9 cm³/mol. The number of rotatable bonds is 6. The van der Waals surface area contributed by atoms with Gasteiger partial charge in [-0.25, -0.2) is 0 Å². The lowest BCUT2D eigenvalue weighted by Crippen LogP contribution is -2.35. The molecule has 1 aromatic rings. The summed E-state index contributed by atoms with van der Waals surface area (Å²) in [6.45, 7) is 1.32. The third-order valence-corrected chi connectivity index (χ3v) is 4.21. The van der Waals surface area contributed by atoms with Crippen molar-refractivity contribution in [1.82, 2.24) is 4.90 Å². The van der Waals surface area contributed by atoms with Gasteiger partial charge in [0, 0.05) is 30.3 Å². The number of azide groups is 1. The molecule has 1 amide bonds. The fourth-order valence-electron chi connectivity index (χ4n) is 2.98. The van der Waals surface area contributed by atoms with Crippen LogP contribution in [-0.4, -0.2) is 49.9 Å². The third kappa shape index (κ3) is 3.59. The molecular weight excluding hydrogens is 322 g/mol.